The van der Waals surface area contributed by atoms with Crippen molar-refractivity contribution in [3.8, 4) is 0 Å². The van der Waals surface area contributed by atoms with Crippen LogP contribution in [0, 0.1) is 0 Å². The minimum absolute atomic E-state index is 0.0318. The van der Waals surface area contributed by atoms with E-state index in [9.17, 15) is 18.0 Å². The molecule has 1 rings (SSSR count). The molecule has 1 aromatic carbocycles. The molecule has 0 heterocycles. The van der Waals surface area contributed by atoms with Gasteiger partial charge in [-0.3, -0.25) is 0 Å². The predicted molar refractivity (Wildman–Crippen MR) is 57.3 cm³/mol. The highest BCUT2D eigenvalue weighted by Gasteiger charge is 2.30. The number of carboxylic acid groups (broad SMARTS) is 1. The number of alkyl halides is 3. The fourth-order valence-corrected chi connectivity index (χ4v) is 1.31. The zero-order valence-corrected chi connectivity index (χ0v) is 9.30. The van der Waals surface area contributed by atoms with Crippen molar-refractivity contribution in [3.05, 3.63) is 41.0 Å². The molecule has 0 saturated heterocycles. The van der Waals surface area contributed by atoms with Crippen LogP contribution in [0.5, 0.6) is 0 Å². The number of allylic oxidation sites excluding steroid dienone is 1. The molecule has 0 aliphatic rings. The van der Waals surface area contributed by atoms with Gasteiger partial charge in [0.05, 0.1) is 5.56 Å². The second-order valence-corrected chi connectivity index (χ2v) is 3.63. The molecule has 2 nitrogen and oxygen atoms in total. The van der Waals surface area contributed by atoms with Crippen molar-refractivity contribution >= 4 is 11.5 Å². The third-order valence-corrected chi connectivity index (χ3v) is 2.51. The van der Waals surface area contributed by atoms with E-state index in [0.717, 1.165) is 12.1 Å². The minimum atomic E-state index is -4.42. The summed E-state index contributed by atoms with van der Waals surface area (Å²) in [5.41, 5.74) is -0.166. The first-order valence-electron chi connectivity index (χ1n) is 4.82. The van der Waals surface area contributed by atoms with Crippen LogP contribution >= 0.6 is 0 Å². The van der Waals surface area contributed by atoms with Gasteiger partial charge in [0.1, 0.15) is 0 Å². The molecule has 5 heteroatoms. The van der Waals surface area contributed by atoms with Crippen LogP contribution < -0.4 is 0 Å². The monoisotopic (exact) mass is 244 g/mol. The van der Waals surface area contributed by atoms with Crippen LogP contribution in [0.15, 0.2) is 29.8 Å². The van der Waals surface area contributed by atoms with E-state index >= 15 is 0 Å². The molecule has 0 saturated carbocycles. The Morgan fingerprint density at radius 1 is 1.24 bits per heavy atom. The van der Waals surface area contributed by atoms with Crippen LogP contribution in [-0.2, 0) is 11.0 Å². The van der Waals surface area contributed by atoms with E-state index in [1.807, 2.05) is 0 Å². The number of benzene rings is 1. The molecule has 0 spiro atoms. The van der Waals surface area contributed by atoms with Gasteiger partial charge in [0.2, 0.25) is 0 Å². The normalized spacial score (nSPS) is 13.2. The minimum Gasteiger partial charge on any atom is -0.478 e. The molecule has 0 aliphatic heterocycles. The summed E-state index contributed by atoms with van der Waals surface area (Å²) in [5.74, 6) is -1.14. The smallest absolute Gasteiger partial charge is 0.416 e. The standard InChI is InChI=1S/C12H11F3O2/c1-7(8(2)11(16)17)9-4-3-5-10(6-9)12(13,14)15/h3-6H,1-2H3,(H,16,17)/b8-7-. The zero-order valence-electron chi connectivity index (χ0n) is 9.30. The topological polar surface area (TPSA) is 37.3 Å². The second-order valence-electron chi connectivity index (χ2n) is 3.63. The maximum absolute atomic E-state index is 12.5. The van der Waals surface area contributed by atoms with Gasteiger partial charge in [-0.1, -0.05) is 12.1 Å². The predicted octanol–water partition coefficient (Wildman–Crippen LogP) is 3.58. The third-order valence-electron chi connectivity index (χ3n) is 2.51. The molecule has 0 bridgehead atoms. The molecule has 0 unspecified atom stereocenters. The SMILES string of the molecule is C/C(C(=O)O)=C(\C)c1cccc(C(F)(F)F)c1. The molecular formula is C12H11F3O2. The lowest BCUT2D eigenvalue weighted by atomic mass is 10.0. The lowest BCUT2D eigenvalue weighted by Crippen LogP contribution is -2.05. The van der Waals surface area contributed by atoms with E-state index in [4.69, 9.17) is 5.11 Å². The number of carbonyl (C=O) groups is 1. The number of aliphatic carboxylic acids is 1. The van der Waals surface area contributed by atoms with E-state index in [1.165, 1.54) is 26.0 Å². The van der Waals surface area contributed by atoms with E-state index < -0.39 is 17.7 Å². The van der Waals surface area contributed by atoms with Gasteiger partial charge >= 0.3 is 12.1 Å². The van der Waals surface area contributed by atoms with Gasteiger partial charge in [-0.15, -0.1) is 0 Å². The van der Waals surface area contributed by atoms with Gasteiger partial charge in [-0.25, -0.2) is 4.79 Å². The fraction of sp³-hybridized carbons (Fsp3) is 0.250. The number of rotatable bonds is 2. The van der Waals surface area contributed by atoms with Gasteiger partial charge < -0.3 is 5.11 Å². The van der Waals surface area contributed by atoms with Crippen molar-refractivity contribution < 1.29 is 23.1 Å². The van der Waals surface area contributed by atoms with Crippen LogP contribution in [0.25, 0.3) is 5.57 Å². The van der Waals surface area contributed by atoms with Gasteiger partial charge in [0, 0.05) is 5.57 Å². The van der Waals surface area contributed by atoms with Gasteiger partial charge in [0.25, 0.3) is 0 Å². The maximum atomic E-state index is 12.5. The Labute approximate surface area is 96.4 Å². The molecule has 0 radical (unpaired) electrons. The van der Waals surface area contributed by atoms with Crippen molar-refractivity contribution in [1.82, 2.24) is 0 Å². The Balaban J connectivity index is 3.26. The first-order chi connectivity index (χ1) is 7.73. The Hall–Kier alpha value is -1.78. The summed E-state index contributed by atoms with van der Waals surface area (Å²) < 4.78 is 37.4. The Kier molecular flexibility index (Phi) is 3.60. The largest absolute Gasteiger partial charge is 0.478 e. The zero-order chi connectivity index (χ0) is 13.2. The first kappa shape index (κ1) is 13.3. The fourth-order valence-electron chi connectivity index (χ4n) is 1.31. The van der Waals surface area contributed by atoms with Gasteiger partial charge in [-0.05, 0) is 37.1 Å². The van der Waals surface area contributed by atoms with Crippen LogP contribution in [0.3, 0.4) is 0 Å². The van der Waals surface area contributed by atoms with Crippen LogP contribution in [0.2, 0.25) is 0 Å². The summed E-state index contributed by atoms with van der Waals surface area (Å²) in [6, 6.07) is 4.61. The maximum Gasteiger partial charge on any atom is 0.416 e. The summed E-state index contributed by atoms with van der Waals surface area (Å²) >= 11 is 0. The van der Waals surface area contributed by atoms with E-state index in [0.29, 0.717) is 5.57 Å². The van der Waals surface area contributed by atoms with Crippen LogP contribution in [0.4, 0.5) is 13.2 Å². The quantitative estimate of drug-likeness (QED) is 0.807. The third kappa shape index (κ3) is 3.09. The molecule has 1 aromatic rings. The number of hydrogen-bond acceptors (Lipinski definition) is 1. The Morgan fingerprint density at radius 2 is 1.82 bits per heavy atom. The van der Waals surface area contributed by atoms with Crippen molar-refractivity contribution in [2.75, 3.05) is 0 Å². The van der Waals surface area contributed by atoms with Crippen molar-refractivity contribution in [1.29, 1.82) is 0 Å². The molecular weight excluding hydrogens is 233 g/mol. The summed E-state index contributed by atoms with van der Waals surface area (Å²) in [4.78, 5) is 10.7. The molecule has 0 aromatic heterocycles. The number of carboxylic acids is 1. The average molecular weight is 244 g/mol. The van der Waals surface area contributed by atoms with E-state index in [1.54, 1.807) is 0 Å². The first-order valence-corrected chi connectivity index (χ1v) is 4.82. The van der Waals surface area contributed by atoms with Gasteiger partial charge in [0.15, 0.2) is 0 Å². The summed E-state index contributed by atoms with van der Waals surface area (Å²) in [5, 5.41) is 8.76. The lowest BCUT2D eigenvalue weighted by molar-refractivity contribution is -0.137. The molecule has 17 heavy (non-hydrogen) atoms. The average Bonchev–Trinajstić information content (AvgIpc) is 2.26. The number of halogens is 3. The highest BCUT2D eigenvalue weighted by molar-refractivity contribution is 5.95. The highest BCUT2D eigenvalue weighted by atomic mass is 19.4. The molecule has 92 valence electrons. The van der Waals surface area contributed by atoms with E-state index in [2.05, 4.69) is 0 Å². The Bertz CT molecular complexity index is 473. The molecule has 1 N–H and O–H groups in total. The van der Waals surface area contributed by atoms with Crippen LogP contribution in [0.1, 0.15) is 25.0 Å². The summed E-state index contributed by atoms with van der Waals surface area (Å²) in [7, 11) is 0. The highest BCUT2D eigenvalue weighted by Crippen LogP contribution is 2.31. The summed E-state index contributed by atoms with van der Waals surface area (Å²) in [6.45, 7) is 2.84. The molecule has 0 amide bonds. The van der Waals surface area contributed by atoms with Crippen molar-refractivity contribution in [2.45, 2.75) is 20.0 Å². The molecule has 0 fully saturated rings. The Morgan fingerprint density at radius 3 is 2.29 bits per heavy atom. The van der Waals surface area contributed by atoms with Crippen LogP contribution in [-0.4, -0.2) is 11.1 Å². The van der Waals surface area contributed by atoms with Crippen molar-refractivity contribution in [3.63, 3.8) is 0 Å². The molecule has 0 aliphatic carbocycles. The van der Waals surface area contributed by atoms with E-state index in [-0.39, 0.29) is 11.1 Å². The second kappa shape index (κ2) is 4.61. The lowest BCUT2D eigenvalue weighted by Gasteiger charge is -2.10. The van der Waals surface area contributed by atoms with Crippen molar-refractivity contribution in [2.24, 2.45) is 0 Å². The number of hydrogen-bond donors (Lipinski definition) is 1. The molecule has 0 atom stereocenters. The van der Waals surface area contributed by atoms with Gasteiger partial charge in [-0.2, -0.15) is 13.2 Å². The summed E-state index contributed by atoms with van der Waals surface area (Å²) in [6.07, 6.45) is -4.42.